The molecule has 7 heteroatoms. The molecule has 0 unspecified atom stereocenters. The van der Waals surface area contributed by atoms with Crippen LogP contribution in [-0.2, 0) is 6.54 Å². The van der Waals surface area contributed by atoms with Crippen molar-refractivity contribution in [1.82, 2.24) is 24.8 Å². The number of amides is 1. The molecule has 0 aliphatic carbocycles. The van der Waals surface area contributed by atoms with Crippen LogP contribution in [-0.4, -0.2) is 63.0 Å². The first kappa shape index (κ1) is 16.6. The van der Waals surface area contributed by atoms with Gasteiger partial charge in [-0.15, -0.1) is 0 Å². The molecule has 2 aromatic rings. The summed E-state index contributed by atoms with van der Waals surface area (Å²) in [5.41, 5.74) is 1.50. The van der Waals surface area contributed by atoms with Crippen molar-refractivity contribution in [3.8, 4) is 0 Å². The summed E-state index contributed by atoms with van der Waals surface area (Å²) in [5.74, 6) is 0.624. The monoisotopic (exact) mass is 331 g/mol. The number of nitrogens with zero attached hydrogens (tertiary/aromatic N) is 4. The van der Waals surface area contributed by atoms with Crippen LogP contribution in [0.5, 0.6) is 0 Å². The third-order valence-corrected chi connectivity index (χ3v) is 4.46. The third kappa shape index (κ3) is 3.62. The highest BCUT2D eigenvalue weighted by Crippen LogP contribution is 2.23. The van der Waals surface area contributed by atoms with Gasteiger partial charge in [0.2, 0.25) is 0 Å². The maximum atomic E-state index is 13.9. The van der Waals surface area contributed by atoms with Crippen molar-refractivity contribution in [2.24, 2.45) is 0 Å². The topological polar surface area (TPSA) is 65.1 Å². The first-order chi connectivity index (χ1) is 11.5. The largest absolute Gasteiger partial charge is 0.365 e. The Morgan fingerprint density at radius 2 is 2.21 bits per heavy atom. The van der Waals surface area contributed by atoms with E-state index in [-0.39, 0.29) is 11.9 Å². The summed E-state index contributed by atoms with van der Waals surface area (Å²) in [4.78, 5) is 27.6. The van der Waals surface area contributed by atoms with Gasteiger partial charge >= 0.3 is 0 Å². The number of alkyl halides is 1. The van der Waals surface area contributed by atoms with Gasteiger partial charge in [-0.25, -0.2) is 14.4 Å². The number of rotatable bonds is 5. The molecule has 3 heterocycles. The van der Waals surface area contributed by atoms with Crippen molar-refractivity contribution < 1.29 is 9.18 Å². The first-order valence-electron chi connectivity index (χ1n) is 8.08. The quantitative estimate of drug-likeness (QED) is 0.907. The number of nitrogens with one attached hydrogen (secondary N) is 1. The minimum absolute atomic E-state index is 0.0306. The lowest BCUT2D eigenvalue weighted by molar-refractivity contribution is 0.0748. The van der Waals surface area contributed by atoms with Crippen LogP contribution in [0.4, 0.5) is 4.39 Å². The lowest BCUT2D eigenvalue weighted by Gasteiger charge is -2.28. The van der Waals surface area contributed by atoms with Crippen LogP contribution in [0, 0.1) is 6.92 Å². The molecule has 1 saturated heterocycles. The van der Waals surface area contributed by atoms with E-state index in [1.165, 1.54) is 0 Å². The van der Waals surface area contributed by atoms with Gasteiger partial charge in [-0.3, -0.25) is 9.69 Å². The minimum atomic E-state index is -0.879. The van der Waals surface area contributed by atoms with Crippen LogP contribution < -0.4 is 0 Å². The summed E-state index contributed by atoms with van der Waals surface area (Å²) in [6, 6.07) is 3.50. The Balaban J connectivity index is 1.66. The molecular formula is C17H22FN5O. The second-order valence-corrected chi connectivity index (χ2v) is 6.28. The average molecular weight is 331 g/mol. The number of H-pyrrole nitrogens is 1. The van der Waals surface area contributed by atoms with Gasteiger partial charge in [0.05, 0.1) is 12.1 Å². The molecular weight excluding hydrogens is 309 g/mol. The number of carbonyl (C=O) groups excluding carboxylic acids is 1. The molecule has 1 aliphatic heterocycles. The second-order valence-electron chi connectivity index (χ2n) is 6.28. The lowest BCUT2D eigenvalue weighted by atomic mass is 10.1. The Morgan fingerprint density at radius 3 is 2.88 bits per heavy atom. The van der Waals surface area contributed by atoms with Crippen LogP contribution in [0.15, 0.2) is 30.7 Å². The number of aromatic amines is 1. The molecule has 1 fully saturated rings. The van der Waals surface area contributed by atoms with Gasteiger partial charge in [-0.05, 0) is 25.5 Å². The van der Waals surface area contributed by atoms with E-state index in [2.05, 4.69) is 15.0 Å². The number of halogens is 1. The number of hydrogen-bond acceptors (Lipinski definition) is 4. The SMILES string of the molecule is Cc1[nH]ccc1C(=O)N(C)C[C@@H]1C[C@H](F)CN1Cc1ncccn1. The minimum Gasteiger partial charge on any atom is -0.365 e. The molecule has 128 valence electrons. The summed E-state index contributed by atoms with van der Waals surface area (Å²) in [5, 5.41) is 0. The first-order valence-corrected chi connectivity index (χ1v) is 8.08. The smallest absolute Gasteiger partial charge is 0.255 e. The number of carbonyl (C=O) groups is 1. The van der Waals surface area contributed by atoms with Gasteiger partial charge in [-0.2, -0.15) is 0 Å². The molecule has 0 aromatic carbocycles. The van der Waals surface area contributed by atoms with E-state index in [1.807, 2.05) is 11.8 Å². The molecule has 0 bridgehead atoms. The van der Waals surface area contributed by atoms with Crippen molar-refractivity contribution >= 4 is 5.91 Å². The molecule has 0 spiro atoms. The van der Waals surface area contributed by atoms with E-state index in [0.29, 0.717) is 37.4 Å². The van der Waals surface area contributed by atoms with Crippen molar-refractivity contribution in [3.05, 3.63) is 47.8 Å². The van der Waals surface area contributed by atoms with E-state index in [4.69, 9.17) is 0 Å². The molecule has 0 radical (unpaired) electrons. The Morgan fingerprint density at radius 1 is 1.46 bits per heavy atom. The van der Waals surface area contributed by atoms with Crippen LogP contribution >= 0.6 is 0 Å². The number of aromatic nitrogens is 3. The number of hydrogen-bond donors (Lipinski definition) is 1. The molecule has 24 heavy (non-hydrogen) atoms. The van der Waals surface area contributed by atoms with E-state index in [1.54, 1.807) is 42.7 Å². The highest BCUT2D eigenvalue weighted by atomic mass is 19.1. The summed E-state index contributed by atoms with van der Waals surface area (Å²) in [6.07, 6.45) is 4.67. The molecule has 1 N–H and O–H groups in total. The summed E-state index contributed by atoms with van der Waals surface area (Å²) in [6.45, 7) is 3.20. The van der Waals surface area contributed by atoms with Gasteiger partial charge < -0.3 is 9.88 Å². The van der Waals surface area contributed by atoms with E-state index in [9.17, 15) is 9.18 Å². The fourth-order valence-corrected chi connectivity index (χ4v) is 3.19. The molecule has 2 aromatic heterocycles. The van der Waals surface area contributed by atoms with Crippen molar-refractivity contribution in [2.75, 3.05) is 20.1 Å². The molecule has 2 atom stereocenters. The van der Waals surface area contributed by atoms with Crippen molar-refractivity contribution in [3.63, 3.8) is 0 Å². The van der Waals surface area contributed by atoms with Crippen LogP contribution in [0.3, 0.4) is 0 Å². The fourth-order valence-electron chi connectivity index (χ4n) is 3.19. The lowest BCUT2D eigenvalue weighted by Crippen LogP contribution is -2.41. The van der Waals surface area contributed by atoms with Gasteiger partial charge in [0.15, 0.2) is 0 Å². The zero-order valence-electron chi connectivity index (χ0n) is 13.9. The molecule has 1 amide bonds. The summed E-state index contributed by atoms with van der Waals surface area (Å²) in [7, 11) is 1.76. The molecule has 3 rings (SSSR count). The number of likely N-dealkylation sites (N-methyl/N-ethyl adjacent to an activating group) is 1. The Bertz CT molecular complexity index is 689. The maximum absolute atomic E-state index is 13.9. The van der Waals surface area contributed by atoms with Crippen LogP contribution in [0.25, 0.3) is 0 Å². The Labute approximate surface area is 140 Å². The van der Waals surface area contributed by atoms with Crippen LogP contribution in [0.1, 0.15) is 28.3 Å². The van der Waals surface area contributed by atoms with Crippen molar-refractivity contribution in [1.29, 1.82) is 0 Å². The van der Waals surface area contributed by atoms with E-state index < -0.39 is 6.17 Å². The second kappa shape index (κ2) is 7.09. The maximum Gasteiger partial charge on any atom is 0.255 e. The molecule has 0 saturated carbocycles. The fraction of sp³-hybridized carbons (Fsp3) is 0.471. The van der Waals surface area contributed by atoms with Crippen LogP contribution in [0.2, 0.25) is 0 Å². The zero-order valence-corrected chi connectivity index (χ0v) is 13.9. The van der Waals surface area contributed by atoms with E-state index in [0.717, 1.165) is 5.69 Å². The highest BCUT2D eigenvalue weighted by molar-refractivity contribution is 5.95. The van der Waals surface area contributed by atoms with E-state index >= 15 is 0 Å². The van der Waals surface area contributed by atoms with Crippen molar-refractivity contribution in [2.45, 2.75) is 32.1 Å². The molecule has 6 nitrogen and oxygen atoms in total. The predicted molar refractivity (Wildman–Crippen MR) is 88.2 cm³/mol. The standard InChI is InChI=1S/C17H22FN5O/c1-12-15(4-7-19-12)17(24)22(2)10-14-8-13(18)9-23(14)11-16-20-5-3-6-21-16/h3-7,13-14,19H,8-11H2,1-2H3/t13-,14-/m0/s1. The predicted octanol–water partition coefficient (Wildman–Crippen LogP) is 1.80. The molecule has 1 aliphatic rings. The normalized spacial score (nSPS) is 21.1. The zero-order chi connectivity index (χ0) is 17.1. The summed E-state index contributed by atoms with van der Waals surface area (Å²) >= 11 is 0. The van der Waals surface area contributed by atoms with Gasteiger partial charge in [0.25, 0.3) is 5.91 Å². The highest BCUT2D eigenvalue weighted by Gasteiger charge is 2.34. The Hall–Kier alpha value is -2.28. The number of likely N-dealkylation sites (tertiary alicyclic amines) is 1. The van der Waals surface area contributed by atoms with Gasteiger partial charge in [0.1, 0.15) is 12.0 Å². The Kier molecular flexibility index (Phi) is 4.89. The van der Waals surface area contributed by atoms with Gasteiger partial charge in [0, 0.05) is 50.5 Å². The third-order valence-electron chi connectivity index (χ3n) is 4.46. The van der Waals surface area contributed by atoms with Gasteiger partial charge in [-0.1, -0.05) is 0 Å². The average Bonchev–Trinajstić information content (AvgIpc) is 3.13. The number of aryl methyl sites for hydroxylation is 1. The summed E-state index contributed by atoms with van der Waals surface area (Å²) < 4.78 is 13.9.